The van der Waals surface area contributed by atoms with Crippen LogP contribution < -0.4 is 0 Å². The van der Waals surface area contributed by atoms with Crippen molar-refractivity contribution in [2.24, 2.45) is 0 Å². The Balaban J connectivity index is 2.42. The minimum atomic E-state index is -4.52. The average Bonchev–Trinajstić information content (AvgIpc) is 2.22. The standard InChI is InChI=1S/C12H7ClF3NO/c13-10-3-7(1-2-9(10)12(14,15)16)11(6-17)4-8(18)5-11/h1-3H,4-5H2. The van der Waals surface area contributed by atoms with E-state index in [2.05, 4.69) is 0 Å². The molecule has 0 aliphatic heterocycles. The fourth-order valence-electron chi connectivity index (χ4n) is 2.01. The zero-order valence-electron chi connectivity index (χ0n) is 9.01. The van der Waals surface area contributed by atoms with Gasteiger partial charge in [0.15, 0.2) is 0 Å². The topological polar surface area (TPSA) is 40.9 Å². The van der Waals surface area contributed by atoms with Crippen molar-refractivity contribution in [2.75, 3.05) is 0 Å². The van der Waals surface area contributed by atoms with Crippen molar-refractivity contribution in [3.63, 3.8) is 0 Å². The van der Waals surface area contributed by atoms with E-state index in [1.54, 1.807) is 0 Å². The molecule has 0 unspecified atom stereocenters. The number of alkyl halides is 3. The molecule has 1 saturated carbocycles. The number of rotatable bonds is 1. The van der Waals surface area contributed by atoms with E-state index in [-0.39, 0.29) is 18.6 Å². The van der Waals surface area contributed by atoms with Crippen LogP contribution in [-0.2, 0) is 16.4 Å². The number of halogens is 4. The number of nitrogens with zero attached hydrogens (tertiary/aromatic N) is 1. The molecular weight excluding hydrogens is 267 g/mol. The van der Waals surface area contributed by atoms with Crippen molar-refractivity contribution in [3.05, 3.63) is 34.3 Å². The number of hydrogen-bond acceptors (Lipinski definition) is 2. The van der Waals surface area contributed by atoms with Crippen LogP contribution in [0.3, 0.4) is 0 Å². The van der Waals surface area contributed by atoms with Gasteiger partial charge in [-0.3, -0.25) is 4.79 Å². The van der Waals surface area contributed by atoms with Crippen molar-refractivity contribution in [1.82, 2.24) is 0 Å². The van der Waals surface area contributed by atoms with Gasteiger partial charge in [0.2, 0.25) is 0 Å². The van der Waals surface area contributed by atoms with E-state index in [0.29, 0.717) is 5.56 Å². The largest absolute Gasteiger partial charge is 0.417 e. The fraction of sp³-hybridized carbons (Fsp3) is 0.333. The number of ketones is 1. The van der Waals surface area contributed by atoms with Gasteiger partial charge in [0.1, 0.15) is 5.78 Å². The second-order valence-electron chi connectivity index (χ2n) is 4.28. The third kappa shape index (κ3) is 1.97. The average molecular weight is 274 g/mol. The summed E-state index contributed by atoms with van der Waals surface area (Å²) >= 11 is 5.58. The monoisotopic (exact) mass is 273 g/mol. The molecular formula is C12H7ClF3NO. The lowest BCUT2D eigenvalue weighted by Crippen LogP contribution is -2.40. The minimum absolute atomic E-state index is 0.0329. The van der Waals surface area contributed by atoms with E-state index in [4.69, 9.17) is 16.9 Å². The van der Waals surface area contributed by atoms with E-state index in [0.717, 1.165) is 12.1 Å². The molecule has 1 aromatic rings. The Morgan fingerprint density at radius 2 is 1.94 bits per heavy atom. The maximum absolute atomic E-state index is 12.5. The molecule has 94 valence electrons. The summed E-state index contributed by atoms with van der Waals surface area (Å²) in [7, 11) is 0. The third-order valence-electron chi connectivity index (χ3n) is 3.04. The van der Waals surface area contributed by atoms with Gasteiger partial charge in [0, 0.05) is 12.8 Å². The summed E-state index contributed by atoms with van der Waals surface area (Å²) in [6.07, 6.45) is -4.46. The number of carbonyl (C=O) groups excluding carboxylic acids is 1. The first kappa shape index (κ1) is 12.9. The summed E-state index contributed by atoms with van der Waals surface area (Å²) in [5.41, 5.74) is -1.58. The predicted octanol–water partition coefficient (Wildman–Crippen LogP) is 3.48. The quantitative estimate of drug-likeness (QED) is 0.786. The van der Waals surface area contributed by atoms with E-state index in [1.165, 1.54) is 6.07 Å². The van der Waals surface area contributed by atoms with Gasteiger partial charge in [0.05, 0.1) is 22.1 Å². The molecule has 2 nitrogen and oxygen atoms in total. The summed E-state index contributed by atoms with van der Waals surface area (Å²) in [6.45, 7) is 0. The van der Waals surface area contributed by atoms with Crippen LogP contribution in [0.2, 0.25) is 5.02 Å². The Labute approximate surface area is 106 Å². The smallest absolute Gasteiger partial charge is 0.300 e. The van der Waals surface area contributed by atoms with Gasteiger partial charge in [-0.1, -0.05) is 17.7 Å². The fourth-order valence-corrected chi connectivity index (χ4v) is 2.30. The Bertz CT molecular complexity index is 551. The highest BCUT2D eigenvalue weighted by molar-refractivity contribution is 6.31. The molecule has 1 aromatic carbocycles. The number of Topliss-reactive ketones (excluding diaryl/α,β-unsaturated/α-hetero) is 1. The molecule has 0 aromatic heterocycles. The lowest BCUT2D eigenvalue weighted by molar-refractivity contribution is -0.137. The van der Waals surface area contributed by atoms with E-state index < -0.39 is 22.2 Å². The van der Waals surface area contributed by atoms with Gasteiger partial charge < -0.3 is 0 Å². The molecule has 0 saturated heterocycles. The Hall–Kier alpha value is -1.54. The van der Waals surface area contributed by atoms with Crippen LogP contribution in [0.4, 0.5) is 13.2 Å². The van der Waals surface area contributed by atoms with E-state index in [9.17, 15) is 18.0 Å². The van der Waals surface area contributed by atoms with Gasteiger partial charge in [0.25, 0.3) is 0 Å². The molecule has 0 N–H and O–H groups in total. The third-order valence-corrected chi connectivity index (χ3v) is 3.35. The van der Waals surface area contributed by atoms with Crippen molar-refractivity contribution < 1.29 is 18.0 Å². The van der Waals surface area contributed by atoms with Gasteiger partial charge >= 0.3 is 6.18 Å². The van der Waals surface area contributed by atoms with Crippen LogP contribution in [0.25, 0.3) is 0 Å². The highest BCUT2D eigenvalue weighted by Gasteiger charge is 2.46. The van der Waals surface area contributed by atoms with Crippen LogP contribution in [0.15, 0.2) is 18.2 Å². The predicted molar refractivity (Wildman–Crippen MR) is 58.0 cm³/mol. The minimum Gasteiger partial charge on any atom is -0.300 e. The van der Waals surface area contributed by atoms with Crippen LogP contribution in [0.1, 0.15) is 24.0 Å². The molecule has 2 rings (SSSR count). The van der Waals surface area contributed by atoms with Gasteiger partial charge in [-0.2, -0.15) is 18.4 Å². The summed E-state index contributed by atoms with van der Waals surface area (Å²) in [6, 6.07) is 5.17. The molecule has 18 heavy (non-hydrogen) atoms. The highest BCUT2D eigenvalue weighted by Crippen LogP contribution is 2.43. The molecule has 0 heterocycles. The van der Waals surface area contributed by atoms with Gasteiger partial charge in [-0.05, 0) is 17.7 Å². The maximum Gasteiger partial charge on any atom is 0.417 e. The summed E-state index contributed by atoms with van der Waals surface area (Å²) in [4.78, 5) is 11.0. The Morgan fingerprint density at radius 1 is 1.33 bits per heavy atom. The van der Waals surface area contributed by atoms with Crippen molar-refractivity contribution in [2.45, 2.75) is 24.4 Å². The van der Waals surface area contributed by atoms with Crippen LogP contribution in [0.5, 0.6) is 0 Å². The zero-order chi connectivity index (χ0) is 13.6. The molecule has 0 spiro atoms. The molecule has 1 aliphatic carbocycles. The number of carbonyl (C=O) groups is 1. The van der Waals surface area contributed by atoms with Crippen molar-refractivity contribution in [3.8, 4) is 6.07 Å². The first-order valence-corrected chi connectivity index (χ1v) is 5.46. The second-order valence-corrected chi connectivity index (χ2v) is 4.69. The lowest BCUT2D eigenvalue weighted by atomic mass is 9.64. The van der Waals surface area contributed by atoms with Gasteiger partial charge in [-0.25, -0.2) is 0 Å². The molecule has 0 radical (unpaired) electrons. The summed E-state index contributed by atoms with van der Waals surface area (Å²) < 4.78 is 37.5. The highest BCUT2D eigenvalue weighted by atomic mass is 35.5. The van der Waals surface area contributed by atoms with Crippen LogP contribution in [0, 0.1) is 11.3 Å². The first-order chi connectivity index (χ1) is 8.28. The first-order valence-electron chi connectivity index (χ1n) is 5.09. The van der Waals surface area contributed by atoms with Crippen molar-refractivity contribution >= 4 is 17.4 Å². The maximum atomic E-state index is 12.5. The molecule has 1 aliphatic rings. The lowest BCUT2D eigenvalue weighted by Gasteiger charge is -2.34. The van der Waals surface area contributed by atoms with Gasteiger partial charge in [-0.15, -0.1) is 0 Å². The normalized spacial score (nSPS) is 18.1. The molecule has 0 atom stereocenters. The van der Waals surface area contributed by atoms with E-state index in [1.807, 2.05) is 6.07 Å². The summed E-state index contributed by atoms with van der Waals surface area (Å²) in [5, 5.41) is 8.61. The Morgan fingerprint density at radius 3 is 2.33 bits per heavy atom. The SMILES string of the molecule is N#CC1(c2ccc(C(F)(F)F)c(Cl)c2)CC(=O)C1. The number of nitriles is 1. The second kappa shape index (κ2) is 3.99. The van der Waals surface area contributed by atoms with Crippen LogP contribution in [-0.4, -0.2) is 5.78 Å². The number of hydrogen-bond donors (Lipinski definition) is 0. The van der Waals surface area contributed by atoms with Crippen molar-refractivity contribution in [1.29, 1.82) is 5.26 Å². The summed E-state index contributed by atoms with van der Waals surface area (Å²) in [5.74, 6) is -0.0763. The molecule has 1 fully saturated rings. The molecule has 0 amide bonds. The zero-order valence-corrected chi connectivity index (χ0v) is 9.77. The number of benzene rings is 1. The molecule has 0 bridgehead atoms. The molecule has 6 heteroatoms. The van der Waals surface area contributed by atoms with E-state index >= 15 is 0 Å². The van der Waals surface area contributed by atoms with Crippen LogP contribution >= 0.6 is 11.6 Å². The Kier molecular flexibility index (Phi) is 2.86.